The van der Waals surface area contributed by atoms with Crippen molar-refractivity contribution in [3.8, 4) is 11.5 Å². The molecule has 0 radical (unpaired) electrons. The second kappa shape index (κ2) is 7.13. The monoisotopic (exact) mass is 456 g/mol. The molecule has 2 N–H and O–H groups in total. The number of amidine groups is 1. The van der Waals surface area contributed by atoms with Crippen molar-refractivity contribution in [1.29, 1.82) is 5.41 Å². The molecule has 2 aromatic heterocycles. The number of alkyl halides is 1. The fraction of sp³-hybridized carbons (Fsp3) is 0.286. The lowest BCUT2D eigenvalue weighted by atomic mass is 9.76. The van der Waals surface area contributed by atoms with E-state index in [4.69, 9.17) is 21.4 Å². The van der Waals surface area contributed by atoms with E-state index in [0.29, 0.717) is 23.1 Å². The Labute approximate surface area is 187 Å². The van der Waals surface area contributed by atoms with Crippen molar-refractivity contribution < 1.29 is 8.81 Å². The normalized spacial score (nSPS) is 27.5. The molecule has 4 heterocycles. The number of halogens is 2. The standard InChI is InChI=1S/C21H18ClFN6OS/c1-20(7-15-14(18(24)28-20)8-25-9-26-15)21(2)17(22)6-16(31-21)11-3-12(5-13(23)4-11)19-29-27-10-30-19/h3-6,8-10,17H,7H2,1-2H3,(H2,24,28)/t17?,20-,21?/m0/s1. The zero-order valence-corrected chi connectivity index (χ0v) is 18.3. The number of rotatable bonds is 3. The third-order valence-corrected chi connectivity index (χ3v) is 8.43. The summed E-state index contributed by atoms with van der Waals surface area (Å²) in [5.74, 6) is 0.120. The first kappa shape index (κ1) is 20.1. The van der Waals surface area contributed by atoms with Gasteiger partial charge in [0, 0.05) is 23.1 Å². The van der Waals surface area contributed by atoms with Crippen LogP contribution in [0.3, 0.4) is 0 Å². The second-order valence-corrected chi connectivity index (χ2v) is 9.97. The van der Waals surface area contributed by atoms with Crippen LogP contribution in [0.25, 0.3) is 16.4 Å². The lowest BCUT2D eigenvalue weighted by Crippen LogP contribution is -2.65. The topological polar surface area (TPSA) is 101 Å². The highest BCUT2D eigenvalue weighted by molar-refractivity contribution is 8.10. The van der Waals surface area contributed by atoms with Crippen LogP contribution in [0.1, 0.15) is 30.7 Å². The molecule has 0 aliphatic carbocycles. The molecule has 3 atom stereocenters. The van der Waals surface area contributed by atoms with Crippen LogP contribution in [0.15, 0.2) is 47.6 Å². The maximum atomic E-state index is 14.4. The molecule has 0 spiro atoms. The van der Waals surface area contributed by atoms with Crippen molar-refractivity contribution in [2.45, 2.75) is 35.9 Å². The molecule has 3 aromatic rings. The molecule has 0 amide bonds. The molecule has 2 unspecified atom stereocenters. The smallest absolute Gasteiger partial charge is 0.247 e. The Kier molecular flexibility index (Phi) is 4.63. The summed E-state index contributed by atoms with van der Waals surface area (Å²) in [6.07, 6.45) is 6.87. The summed E-state index contributed by atoms with van der Waals surface area (Å²) >= 11 is 8.43. The van der Waals surface area contributed by atoms with Gasteiger partial charge in [-0.1, -0.05) is 6.08 Å². The molecule has 0 saturated carbocycles. The van der Waals surface area contributed by atoms with E-state index in [0.717, 1.165) is 10.6 Å². The first-order valence-electron chi connectivity index (χ1n) is 9.57. The van der Waals surface area contributed by atoms with Crippen LogP contribution in [0.2, 0.25) is 0 Å². The van der Waals surface area contributed by atoms with Crippen molar-refractivity contribution in [3.05, 3.63) is 65.8 Å². The molecule has 10 heteroatoms. The molecule has 2 aliphatic heterocycles. The number of allylic oxidation sites excluding steroid dienone is 1. The van der Waals surface area contributed by atoms with Gasteiger partial charge in [-0.3, -0.25) is 5.41 Å². The molecule has 1 aromatic carbocycles. The van der Waals surface area contributed by atoms with Gasteiger partial charge in [-0.15, -0.1) is 33.6 Å². The van der Waals surface area contributed by atoms with Crippen molar-refractivity contribution in [2.75, 3.05) is 0 Å². The average Bonchev–Trinajstić information content (AvgIpc) is 3.37. The SMILES string of the molecule is CC1([C@]2(C)Cc3ncncc3C(=N)N2)SC(c2cc(F)cc(-c3nnco3)c2)=CC1Cl. The van der Waals surface area contributed by atoms with Crippen molar-refractivity contribution in [2.24, 2.45) is 0 Å². The number of benzene rings is 1. The van der Waals surface area contributed by atoms with E-state index >= 15 is 0 Å². The summed E-state index contributed by atoms with van der Waals surface area (Å²) < 4.78 is 19.1. The second-order valence-electron chi connectivity index (χ2n) is 8.01. The van der Waals surface area contributed by atoms with Gasteiger partial charge in [-0.05, 0) is 37.6 Å². The third-order valence-electron chi connectivity index (χ3n) is 6.02. The van der Waals surface area contributed by atoms with Crippen LogP contribution < -0.4 is 5.32 Å². The fourth-order valence-corrected chi connectivity index (χ4v) is 6.06. The minimum absolute atomic E-state index is 0.250. The van der Waals surface area contributed by atoms with Crippen LogP contribution in [-0.4, -0.2) is 41.7 Å². The van der Waals surface area contributed by atoms with Crippen molar-refractivity contribution in [3.63, 3.8) is 0 Å². The molecular formula is C21H18ClFN6OS. The van der Waals surface area contributed by atoms with Gasteiger partial charge in [-0.25, -0.2) is 14.4 Å². The largest absolute Gasteiger partial charge is 0.423 e. The van der Waals surface area contributed by atoms with Gasteiger partial charge < -0.3 is 9.73 Å². The van der Waals surface area contributed by atoms with E-state index in [1.807, 2.05) is 19.1 Å². The maximum Gasteiger partial charge on any atom is 0.247 e. The summed E-state index contributed by atoms with van der Waals surface area (Å²) in [6.45, 7) is 4.10. The number of aromatic nitrogens is 4. The number of hydrogen-bond donors (Lipinski definition) is 2. The number of nitrogens with zero attached hydrogens (tertiary/aromatic N) is 4. The zero-order chi connectivity index (χ0) is 21.8. The highest BCUT2D eigenvalue weighted by Crippen LogP contribution is 2.55. The van der Waals surface area contributed by atoms with E-state index in [2.05, 4.69) is 32.4 Å². The third kappa shape index (κ3) is 3.23. The highest BCUT2D eigenvalue weighted by Gasteiger charge is 2.55. The number of hydrogen-bond acceptors (Lipinski definition) is 7. The summed E-state index contributed by atoms with van der Waals surface area (Å²) in [7, 11) is 0. The molecule has 31 heavy (non-hydrogen) atoms. The molecule has 5 rings (SSSR count). The molecule has 0 bridgehead atoms. The molecule has 2 aliphatic rings. The summed E-state index contributed by atoms with van der Waals surface area (Å²) in [6, 6.07) is 4.64. The van der Waals surface area contributed by atoms with Gasteiger partial charge in [0.05, 0.1) is 26.9 Å². The van der Waals surface area contributed by atoms with E-state index < -0.39 is 16.1 Å². The van der Waals surface area contributed by atoms with Gasteiger partial charge in [-0.2, -0.15) is 0 Å². The first-order valence-corrected chi connectivity index (χ1v) is 10.8. The van der Waals surface area contributed by atoms with Gasteiger partial charge in [0.15, 0.2) is 0 Å². The molecule has 7 nitrogen and oxygen atoms in total. The molecule has 158 valence electrons. The van der Waals surface area contributed by atoms with Crippen LogP contribution in [-0.2, 0) is 6.42 Å². The van der Waals surface area contributed by atoms with E-state index in [-0.39, 0.29) is 17.1 Å². The minimum Gasteiger partial charge on any atom is -0.423 e. The summed E-state index contributed by atoms with van der Waals surface area (Å²) in [4.78, 5) is 9.27. The van der Waals surface area contributed by atoms with Gasteiger partial charge in [0.1, 0.15) is 18.0 Å². The van der Waals surface area contributed by atoms with E-state index in [1.54, 1.807) is 18.0 Å². The molecular weight excluding hydrogens is 439 g/mol. The average molecular weight is 457 g/mol. The Hall–Kier alpha value is -2.78. The van der Waals surface area contributed by atoms with E-state index in [1.165, 1.54) is 24.9 Å². The van der Waals surface area contributed by atoms with Crippen molar-refractivity contribution >= 4 is 34.1 Å². The summed E-state index contributed by atoms with van der Waals surface area (Å²) in [5.41, 5.74) is 2.13. The highest BCUT2D eigenvalue weighted by atomic mass is 35.5. The van der Waals surface area contributed by atoms with Crippen LogP contribution in [0.4, 0.5) is 4.39 Å². The van der Waals surface area contributed by atoms with E-state index in [9.17, 15) is 4.39 Å². The summed E-state index contributed by atoms with van der Waals surface area (Å²) in [5, 5.41) is 19.0. The predicted molar refractivity (Wildman–Crippen MR) is 117 cm³/mol. The first-order chi connectivity index (χ1) is 14.8. The van der Waals surface area contributed by atoms with Gasteiger partial charge in [0.2, 0.25) is 12.3 Å². The Balaban J connectivity index is 1.49. The predicted octanol–water partition coefficient (Wildman–Crippen LogP) is 4.05. The number of nitrogens with one attached hydrogen (secondary N) is 2. The van der Waals surface area contributed by atoms with Crippen LogP contribution in [0.5, 0.6) is 0 Å². The lowest BCUT2D eigenvalue weighted by molar-refractivity contribution is 0.312. The van der Waals surface area contributed by atoms with Gasteiger partial charge in [0.25, 0.3) is 0 Å². The Morgan fingerprint density at radius 1 is 1.29 bits per heavy atom. The van der Waals surface area contributed by atoms with Gasteiger partial charge >= 0.3 is 0 Å². The van der Waals surface area contributed by atoms with Crippen molar-refractivity contribution in [1.82, 2.24) is 25.5 Å². The minimum atomic E-state index is -0.566. The Bertz CT molecular complexity index is 1220. The Morgan fingerprint density at radius 3 is 2.87 bits per heavy atom. The van der Waals surface area contributed by atoms with Crippen LogP contribution >= 0.6 is 23.4 Å². The quantitative estimate of drug-likeness (QED) is 0.573. The molecule has 0 fully saturated rings. The van der Waals surface area contributed by atoms with Crippen LogP contribution in [0, 0.1) is 11.2 Å². The zero-order valence-electron chi connectivity index (χ0n) is 16.7. The maximum absolute atomic E-state index is 14.4. The number of fused-ring (bicyclic) bond motifs is 1. The Morgan fingerprint density at radius 2 is 2.10 bits per heavy atom. The lowest BCUT2D eigenvalue weighted by Gasteiger charge is -2.48. The number of thioether (sulfide) groups is 1. The fourth-order valence-electron chi connectivity index (χ4n) is 4.06. The molecule has 0 saturated heterocycles.